The van der Waals surface area contributed by atoms with Gasteiger partial charge in [-0.25, -0.2) is 0 Å². The van der Waals surface area contributed by atoms with E-state index in [1.165, 1.54) is 5.56 Å². The molecule has 1 aromatic carbocycles. The maximum atomic E-state index is 5.69. The Morgan fingerprint density at radius 3 is 2.30 bits per heavy atom. The predicted molar refractivity (Wildman–Crippen MR) is 87.7 cm³/mol. The van der Waals surface area contributed by atoms with Crippen LogP contribution in [0.2, 0.25) is 0 Å². The van der Waals surface area contributed by atoms with Crippen LogP contribution in [-0.2, 0) is 6.54 Å². The second-order valence-corrected chi connectivity index (χ2v) is 6.22. The van der Waals surface area contributed by atoms with Crippen molar-refractivity contribution < 1.29 is 9.47 Å². The van der Waals surface area contributed by atoms with Crippen molar-refractivity contribution in [2.75, 3.05) is 13.2 Å². The van der Waals surface area contributed by atoms with Gasteiger partial charge in [0, 0.05) is 12.1 Å². The summed E-state index contributed by atoms with van der Waals surface area (Å²) >= 11 is 3.57. The molecule has 0 fully saturated rings. The number of halogens is 1. The molecule has 0 radical (unpaired) electrons. The minimum atomic E-state index is 0.136. The number of rotatable bonds is 8. The SMILES string of the molecule is CCOc1cc(CNC(C)(C)CC)cc(Br)c1OCC. The smallest absolute Gasteiger partial charge is 0.175 e. The summed E-state index contributed by atoms with van der Waals surface area (Å²) in [5.41, 5.74) is 1.32. The van der Waals surface area contributed by atoms with Gasteiger partial charge in [0.1, 0.15) is 0 Å². The van der Waals surface area contributed by atoms with Gasteiger partial charge >= 0.3 is 0 Å². The third-order valence-electron chi connectivity index (χ3n) is 3.31. The maximum Gasteiger partial charge on any atom is 0.175 e. The second-order valence-electron chi connectivity index (χ2n) is 5.36. The molecule has 0 bridgehead atoms. The lowest BCUT2D eigenvalue weighted by Crippen LogP contribution is -2.37. The van der Waals surface area contributed by atoms with Crippen molar-refractivity contribution in [2.45, 2.75) is 53.1 Å². The van der Waals surface area contributed by atoms with Crippen LogP contribution in [-0.4, -0.2) is 18.8 Å². The summed E-state index contributed by atoms with van der Waals surface area (Å²) in [6.07, 6.45) is 1.09. The molecule has 4 heteroatoms. The van der Waals surface area contributed by atoms with E-state index in [1.54, 1.807) is 0 Å². The van der Waals surface area contributed by atoms with E-state index < -0.39 is 0 Å². The zero-order valence-corrected chi connectivity index (χ0v) is 14.8. The summed E-state index contributed by atoms with van der Waals surface area (Å²) in [5, 5.41) is 3.56. The molecule has 0 saturated carbocycles. The fourth-order valence-corrected chi connectivity index (χ4v) is 2.34. The fourth-order valence-electron chi connectivity index (χ4n) is 1.74. The minimum absolute atomic E-state index is 0.136. The number of ether oxygens (including phenoxy) is 2. The normalized spacial score (nSPS) is 11.5. The van der Waals surface area contributed by atoms with Crippen molar-refractivity contribution in [1.82, 2.24) is 5.32 Å². The Morgan fingerprint density at radius 2 is 1.75 bits per heavy atom. The predicted octanol–water partition coefficient (Wildman–Crippen LogP) is 4.52. The van der Waals surface area contributed by atoms with Gasteiger partial charge in [0.2, 0.25) is 0 Å². The van der Waals surface area contributed by atoms with E-state index in [0.29, 0.717) is 13.2 Å². The van der Waals surface area contributed by atoms with Gasteiger partial charge in [-0.1, -0.05) is 6.92 Å². The highest BCUT2D eigenvalue weighted by atomic mass is 79.9. The quantitative estimate of drug-likeness (QED) is 0.752. The molecule has 1 N–H and O–H groups in total. The van der Waals surface area contributed by atoms with Crippen LogP contribution < -0.4 is 14.8 Å². The van der Waals surface area contributed by atoms with Crippen LogP contribution in [0.15, 0.2) is 16.6 Å². The molecule has 1 aromatic rings. The monoisotopic (exact) mass is 343 g/mol. The molecule has 0 amide bonds. The van der Waals surface area contributed by atoms with E-state index in [2.05, 4.69) is 54.2 Å². The lowest BCUT2D eigenvalue weighted by Gasteiger charge is -2.25. The molecule has 1 rings (SSSR count). The molecule has 0 aliphatic heterocycles. The van der Waals surface area contributed by atoms with Crippen LogP contribution in [0.4, 0.5) is 0 Å². The molecule has 0 aliphatic rings. The van der Waals surface area contributed by atoms with E-state index in [4.69, 9.17) is 9.47 Å². The van der Waals surface area contributed by atoms with Crippen LogP contribution in [0, 0.1) is 0 Å². The van der Waals surface area contributed by atoms with E-state index in [1.807, 2.05) is 13.8 Å². The Balaban J connectivity index is 2.93. The van der Waals surface area contributed by atoms with E-state index in [9.17, 15) is 0 Å². The Labute approximate surface area is 131 Å². The summed E-state index contributed by atoms with van der Waals surface area (Å²) in [6, 6.07) is 4.14. The van der Waals surface area contributed by atoms with Gasteiger partial charge in [-0.05, 0) is 67.7 Å². The van der Waals surface area contributed by atoms with Crippen molar-refractivity contribution in [2.24, 2.45) is 0 Å². The molecular weight excluding hydrogens is 318 g/mol. The lowest BCUT2D eigenvalue weighted by molar-refractivity contribution is 0.285. The fraction of sp³-hybridized carbons (Fsp3) is 0.625. The van der Waals surface area contributed by atoms with Gasteiger partial charge in [-0.3, -0.25) is 0 Å². The van der Waals surface area contributed by atoms with Crippen molar-refractivity contribution in [1.29, 1.82) is 0 Å². The molecule has 0 spiro atoms. The molecule has 0 saturated heterocycles. The first kappa shape index (κ1) is 17.3. The third kappa shape index (κ3) is 4.98. The summed E-state index contributed by atoms with van der Waals surface area (Å²) in [4.78, 5) is 0. The van der Waals surface area contributed by atoms with Gasteiger partial charge < -0.3 is 14.8 Å². The Kier molecular flexibility index (Phi) is 6.83. The molecule has 3 nitrogen and oxygen atoms in total. The van der Waals surface area contributed by atoms with Crippen molar-refractivity contribution in [3.8, 4) is 11.5 Å². The van der Waals surface area contributed by atoms with E-state index >= 15 is 0 Å². The average Bonchev–Trinajstić information content (AvgIpc) is 2.41. The van der Waals surface area contributed by atoms with Gasteiger partial charge in [-0.2, -0.15) is 0 Å². The third-order valence-corrected chi connectivity index (χ3v) is 3.90. The van der Waals surface area contributed by atoms with Crippen LogP contribution >= 0.6 is 15.9 Å². The van der Waals surface area contributed by atoms with Crippen LogP contribution in [0.3, 0.4) is 0 Å². The molecule has 0 heterocycles. The molecule has 114 valence electrons. The van der Waals surface area contributed by atoms with E-state index in [-0.39, 0.29) is 5.54 Å². The summed E-state index contributed by atoms with van der Waals surface area (Å²) in [7, 11) is 0. The summed E-state index contributed by atoms with van der Waals surface area (Å²) in [5.74, 6) is 1.59. The highest BCUT2D eigenvalue weighted by molar-refractivity contribution is 9.10. The zero-order valence-electron chi connectivity index (χ0n) is 13.2. The first-order valence-electron chi connectivity index (χ1n) is 7.26. The summed E-state index contributed by atoms with van der Waals surface area (Å²) in [6.45, 7) is 12.6. The zero-order chi connectivity index (χ0) is 15.2. The molecular formula is C16H26BrNO2. The molecule has 0 atom stereocenters. The second kappa shape index (κ2) is 7.89. The average molecular weight is 344 g/mol. The van der Waals surface area contributed by atoms with Gasteiger partial charge in [0.25, 0.3) is 0 Å². The van der Waals surface area contributed by atoms with Crippen molar-refractivity contribution >= 4 is 15.9 Å². The topological polar surface area (TPSA) is 30.5 Å². The number of benzene rings is 1. The standard InChI is InChI=1S/C16H26BrNO2/c1-6-16(4,5)18-11-12-9-13(17)15(20-8-3)14(10-12)19-7-2/h9-10,18H,6-8,11H2,1-5H3. The van der Waals surface area contributed by atoms with Gasteiger partial charge in [-0.15, -0.1) is 0 Å². The molecule has 20 heavy (non-hydrogen) atoms. The van der Waals surface area contributed by atoms with Crippen LogP contribution in [0.25, 0.3) is 0 Å². The summed E-state index contributed by atoms with van der Waals surface area (Å²) < 4.78 is 12.3. The molecule has 0 aromatic heterocycles. The van der Waals surface area contributed by atoms with Gasteiger partial charge in [0.05, 0.1) is 17.7 Å². The Morgan fingerprint density at radius 1 is 1.10 bits per heavy atom. The molecule has 0 aliphatic carbocycles. The first-order chi connectivity index (χ1) is 9.43. The van der Waals surface area contributed by atoms with E-state index in [0.717, 1.165) is 28.9 Å². The lowest BCUT2D eigenvalue weighted by atomic mass is 10.0. The van der Waals surface area contributed by atoms with Crippen LogP contribution in [0.1, 0.15) is 46.6 Å². The molecule has 0 unspecified atom stereocenters. The largest absolute Gasteiger partial charge is 0.490 e. The van der Waals surface area contributed by atoms with Gasteiger partial charge in [0.15, 0.2) is 11.5 Å². The number of hydrogen-bond acceptors (Lipinski definition) is 3. The minimum Gasteiger partial charge on any atom is -0.490 e. The number of nitrogens with one attached hydrogen (secondary N) is 1. The van der Waals surface area contributed by atoms with Crippen LogP contribution in [0.5, 0.6) is 11.5 Å². The Bertz CT molecular complexity index is 433. The first-order valence-corrected chi connectivity index (χ1v) is 8.05. The van der Waals surface area contributed by atoms with Crippen molar-refractivity contribution in [3.63, 3.8) is 0 Å². The Hall–Kier alpha value is -0.740. The maximum absolute atomic E-state index is 5.69. The van der Waals surface area contributed by atoms with Crippen molar-refractivity contribution in [3.05, 3.63) is 22.2 Å². The highest BCUT2D eigenvalue weighted by Gasteiger charge is 2.16. The number of hydrogen-bond donors (Lipinski definition) is 1. The highest BCUT2D eigenvalue weighted by Crippen LogP contribution is 2.37.